The van der Waals surface area contributed by atoms with Crippen LogP contribution in [0.25, 0.3) is 0 Å². The van der Waals surface area contributed by atoms with Gasteiger partial charge in [-0.15, -0.1) is 12.6 Å². The Kier molecular flexibility index (Phi) is 32.3. The van der Waals surface area contributed by atoms with Crippen LogP contribution in [0.4, 0.5) is 0 Å². The molecule has 0 aromatic heterocycles. The molecule has 0 aliphatic rings. The molecule has 34 heavy (non-hydrogen) atoms. The summed E-state index contributed by atoms with van der Waals surface area (Å²) in [5, 5.41) is -0.139. The number of methoxy groups -OCH3 is 2. The number of rotatable bonds is 24. The van der Waals surface area contributed by atoms with Crippen molar-refractivity contribution in [3.8, 4) is 0 Å². The lowest BCUT2D eigenvalue weighted by molar-refractivity contribution is -0.134. The molecule has 2 radical (unpaired) electrons. The lowest BCUT2D eigenvalue weighted by Crippen LogP contribution is -2.12. The molecule has 0 heterocycles. The van der Waals surface area contributed by atoms with Crippen LogP contribution in [0.2, 0.25) is 6.04 Å². The standard InChI is InChI=1S/C25H50O4Si.C2H4OS/c1-4-5-20-23-30-29-24(26)21-18-16-14-12-10-8-6-7-9-11-13-15-17-19-22-25(27-2)28-3;1-2(3)4/h25H,4-23H2,1-3H3;1H3,(H,3,4). The summed E-state index contributed by atoms with van der Waals surface area (Å²) >= 11 is 3.33. The third-order valence-electron chi connectivity index (χ3n) is 5.66. The summed E-state index contributed by atoms with van der Waals surface area (Å²) in [6, 6.07) is 1.05. The summed E-state index contributed by atoms with van der Waals surface area (Å²) in [6.07, 6.45) is 23.5. The predicted octanol–water partition coefficient (Wildman–Crippen LogP) is 8.08. The zero-order valence-corrected chi connectivity index (χ0v) is 24.6. The molecule has 5 nitrogen and oxygen atoms in total. The smallest absolute Gasteiger partial charge is 0.314 e. The van der Waals surface area contributed by atoms with E-state index in [1.54, 1.807) is 14.2 Å². The Balaban J connectivity index is 0. The fourth-order valence-electron chi connectivity index (χ4n) is 3.66. The van der Waals surface area contributed by atoms with E-state index in [1.807, 2.05) is 0 Å². The molecule has 0 aromatic carbocycles. The van der Waals surface area contributed by atoms with Gasteiger partial charge in [0.2, 0.25) is 0 Å². The molecule has 0 bridgehead atoms. The molecule has 0 saturated heterocycles. The zero-order chi connectivity index (χ0) is 25.7. The van der Waals surface area contributed by atoms with Crippen molar-refractivity contribution < 1.29 is 23.5 Å². The van der Waals surface area contributed by atoms with E-state index in [-0.39, 0.29) is 17.4 Å². The van der Waals surface area contributed by atoms with Gasteiger partial charge in [0.1, 0.15) is 0 Å². The molecule has 0 unspecified atom stereocenters. The Morgan fingerprint density at radius 2 is 1.12 bits per heavy atom. The molecule has 0 N–H and O–H groups in total. The molecular formula is C27H54O5SSi. The van der Waals surface area contributed by atoms with Crippen molar-refractivity contribution >= 4 is 33.5 Å². The molecule has 0 saturated carbocycles. The van der Waals surface area contributed by atoms with E-state index in [4.69, 9.17) is 13.9 Å². The topological polar surface area (TPSA) is 61.8 Å². The number of ether oxygens (including phenoxy) is 2. The second kappa shape index (κ2) is 30.7. The van der Waals surface area contributed by atoms with Crippen molar-refractivity contribution in [3.05, 3.63) is 0 Å². The van der Waals surface area contributed by atoms with Gasteiger partial charge in [0, 0.05) is 27.6 Å². The average molecular weight is 519 g/mol. The molecule has 0 amide bonds. The first-order valence-corrected chi connectivity index (χ1v) is 15.2. The summed E-state index contributed by atoms with van der Waals surface area (Å²) in [4.78, 5) is 20.9. The van der Waals surface area contributed by atoms with Gasteiger partial charge in [0.05, 0.1) is 0 Å². The number of carbonyl (C=O) groups excluding carboxylic acids is 2. The number of hydrogen-bond acceptors (Lipinski definition) is 5. The molecule has 0 rings (SSSR count). The minimum absolute atomic E-state index is 0.0129. The summed E-state index contributed by atoms with van der Waals surface area (Å²) < 4.78 is 15.7. The summed E-state index contributed by atoms with van der Waals surface area (Å²) in [5.74, 6) is 0.0129. The van der Waals surface area contributed by atoms with E-state index in [0.717, 1.165) is 18.9 Å². The zero-order valence-electron chi connectivity index (χ0n) is 22.7. The molecule has 0 aliphatic heterocycles. The fourth-order valence-corrected chi connectivity index (χ4v) is 4.42. The van der Waals surface area contributed by atoms with Crippen molar-refractivity contribution in [1.29, 1.82) is 0 Å². The maximum absolute atomic E-state index is 11.6. The highest BCUT2D eigenvalue weighted by Gasteiger charge is 2.04. The number of carbonyl (C=O) groups is 2. The molecule has 0 spiro atoms. The monoisotopic (exact) mass is 518 g/mol. The van der Waals surface area contributed by atoms with Crippen molar-refractivity contribution in [2.24, 2.45) is 0 Å². The van der Waals surface area contributed by atoms with Crippen LogP contribution in [-0.2, 0) is 23.5 Å². The highest BCUT2D eigenvalue weighted by Crippen LogP contribution is 2.14. The van der Waals surface area contributed by atoms with Crippen LogP contribution in [0.3, 0.4) is 0 Å². The quantitative estimate of drug-likeness (QED) is 0.0605. The molecule has 0 aliphatic carbocycles. The van der Waals surface area contributed by atoms with E-state index >= 15 is 0 Å². The highest BCUT2D eigenvalue weighted by atomic mass is 32.1. The van der Waals surface area contributed by atoms with Gasteiger partial charge in [-0.05, 0) is 25.3 Å². The maximum atomic E-state index is 11.6. The van der Waals surface area contributed by atoms with E-state index in [1.165, 1.54) is 110 Å². The van der Waals surface area contributed by atoms with Gasteiger partial charge in [0.25, 0.3) is 5.97 Å². The van der Waals surface area contributed by atoms with E-state index in [0.29, 0.717) is 16.2 Å². The van der Waals surface area contributed by atoms with Gasteiger partial charge in [-0.2, -0.15) is 0 Å². The first kappa shape index (κ1) is 35.8. The van der Waals surface area contributed by atoms with Crippen LogP contribution in [-0.4, -0.2) is 41.4 Å². The normalized spacial score (nSPS) is 10.8. The highest BCUT2D eigenvalue weighted by molar-refractivity contribution is 7.96. The van der Waals surface area contributed by atoms with Crippen molar-refractivity contribution in [1.82, 2.24) is 0 Å². The minimum Gasteiger partial charge on any atom is -0.516 e. The van der Waals surface area contributed by atoms with Gasteiger partial charge in [-0.1, -0.05) is 103 Å². The first-order valence-electron chi connectivity index (χ1n) is 13.7. The molecule has 0 aromatic rings. The number of thiol groups is 1. The van der Waals surface area contributed by atoms with E-state index in [2.05, 4.69) is 19.6 Å². The van der Waals surface area contributed by atoms with Crippen molar-refractivity contribution in [2.45, 2.75) is 148 Å². The SMILES string of the molecule is CC(=O)S.CCCCC[Si]OC(=O)CCCCCCCCCCCCCCCCC(OC)OC. The first-order chi connectivity index (χ1) is 16.5. The van der Waals surface area contributed by atoms with E-state index in [9.17, 15) is 9.59 Å². The van der Waals surface area contributed by atoms with Crippen LogP contribution in [0, 0.1) is 0 Å². The van der Waals surface area contributed by atoms with Gasteiger partial charge >= 0.3 is 9.76 Å². The molecule has 7 heteroatoms. The van der Waals surface area contributed by atoms with Crippen LogP contribution in [0.1, 0.15) is 136 Å². The Morgan fingerprint density at radius 3 is 1.53 bits per heavy atom. The van der Waals surface area contributed by atoms with Crippen LogP contribution in [0.5, 0.6) is 0 Å². The molecule has 202 valence electrons. The Bertz CT molecular complexity index is 429. The van der Waals surface area contributed by atoms with Crippen LogP contribution in [0.15, 0.2) is 0 Å². The third kappa shape index (κ3) is 33.8. The van der Waals surface area contributed by atoms with E-state index < -0.39 is 0 Å². The Morgan fingerprint density at radius 1 is 0.706 bits per heavy atom. The second-order valence-electron chi connectivity index (χ2n) is 8.98. The van der Waals surface area contributed by atoms with Crippen molar-refractivity contribution in [3.63, 3.8) is 0 Å². The predicted molar refractivity (Wildman–Crippen MR) is 148 cm³/mol. The molecular weight excluding hydrogens is 464 g/mol. The van der Waals surface area contributed by atoms with Gasteiger partial charge < -0.3 is 13.9 Å². The Labute approximate surface area is 219 Å². The Hall–Kier alpha value is -0.373. The van der Waals surface area contributed by atoms with Crippen LogP contribution >= 0.6 is 12.6 Å². The average Bonchev–Trinajstić information content (AvgIpc) is 2.80. The maximum Gasteiger partial charge on any atom is 0.314 e. The number of hydrogen-bond donors (Lipinski definition) is 1. The minimum atomic E-state index is -0.139. The summed E-state index contributed by atoms with van der Waals surface area (Å²) in [7, 11) is 3.80. The third-order valence-corrected chi connectivity index (χ3v) is 6.59. The lowest BCUT2D eigenvalue weighted by Gasteiger charge is -2.12. The summed E-state index contributed by atoms with van der Waals surface area (Å²) in [6.45, 7) is 3.59. The van der Waals surface area contributed by atoms with Gasteiger partial charge in [0.15, 0.2) is 11.4 Å². The lowest BCUT2D eigenvalue weighted by atomic mass is 10.0. The molecule has 0 atom stereocenters. The molecule has 0 fully saturated rings. The number of unbranched alkanes of at least 4 members (excludes halogenated alkanes) is 15. The van der Waals surface area contributed by atoms with Gasteiger partial charge in [-0.3, -0.25) is 9.59 Å². The van der Waals surface area contributed by atoms with Gasteiger partial charge in [-0.25, -0.2) is 0 Å². The fraction of sp³-hybridized carbons (Fsp3) is 0.926. The van der Waals surface area contributed by atoms with Crippen LogP contribution < -0.4 is 0 Å². The van der Waals surface area contributed by atoms with Crippen molar-refractivity contribution in [2.75, 3.05) is 14.2 Å². The second-order valence-corrected chi connectivity index (χ2v) is 10.6. The summed E-state index contributed by atoms with van der Waals surface area (Å²) in [5.41, 5.74) is 0. The largest absolute Gasteiger partial charge is 0.516 e.